The number of aliphatic hydroxyl groups is 1. The zero-order chi connectivity index (χ0) is 12.3. The molecule has 0 radical (unpaired) electrons. The highest BCUT2D eigenvalue weighted by Crippen LogP contribution is 2.26. The fourth-order valence-electron chi connectivity index (χ4n) is 1.07. The van der Waals surface area contributed by atoms with Gasteiger partial charge < -0.3 is 9.84 Å². The first-order chi connectivity index (χ1) is 7.33. The lowest BCUT2D eigenvalue weighted by atomic mass is 10.1. The van der Waals surface area contributed by atoms with Crippen LogP contribution >= 0.6 is 0 Å². The monoisotopic (exact) mass is 236 g/mol. The first kappa shape index (κ1) is 12.5. The zero-order valence-corrected chi connectivity index (χ0v) is 7.96. The third-order valence-electron chi connectivity index (χ3n) is 1.75. The Hall–Kier alpha value is -1.56. The molecule has 0 spiro atoms. The lowest BCUT2D eigenvalue weighted by Gasteiger charge is -2.11. The molecule has 0 aromatic heterocycles. The molecule has 0 bridgehead atoms. The fraction of sp³-hybridized carbons (Fsp3) is 0.200. The van der Waals surface area contributed by atoms with Crippen LogP contribution in [0.1, 0.15) is 11.7 Å². The van der Waals surface area contributed by atoms with Crippen molar-refractivity contribution in [3.63, 3.8) is 0 Å². The van der Waals surface area contributed by atoms with Crippen LogP contribution in [0.2, 0.25) is 0 Å². The summed E-state index contributed by atoms with van der Waals surface area (Å²) in [5.74, 6) is -1.67. The van der Waals surface area contributed by atoms with E-state index in [2.05, 4.69) is 11.3 Å². The van der Waals surface area contributed by atoms with Gasteiger partial charge in [-0.3, -0.25) is 0 Å². The van der Waals surface area contributed by atoms with Crippen molar-refractivity contribution in [2.24, 2.45) is 0 Å². The molecule has 0 aliphatic heterocycles. The van der Waals surface area contributed by atoms with Crippen LogP contribution in [0.4, 0.5) is 17.6 Å². The van der Waals surface area contributed by atoms with Crippen LogP contribution in [0, 0.1) is 5.82 Å². The van der Waals surface area contributed by atoms with Crippen LogP contribution in [0.3, 0.4) is 0 Å². The second-order valence-corrected chi connectivity index (χ2v) is 2.91. The number of benzene rings is 1. The van der Waals surface area contributed by atoms with E-state index in [9.17, 15) is 22.7 Å². The molecular formula is C10H8F4O2. The minimum atomic E-state index is -4.87. The maximum Gasteiger partial charge on any atom is 0.573 e. The minimum Gasteiger partial charge on any atom is -0.406 e. The SMILES string of the molecule is C=CC(O)c1ccc(OC(F)(F)F)cc1F. The molecule has 0 fully saturated rings. The molecule has 0 aliphatic carbocycles. The minimum absolute atomic E-state index is 0.162. The molecule has 1 aromatic rings. The molecule has 0 heterocycles. The van der Waals surface area contributed by atoms with Crippen molar-refractivity contribution >= 4 is 0 Å². The van der Waals surface area contributed by atoms with E-state index < -0.39 is 24.0 Å². The van der Waals surface area contributed by atoms with Gasteiger partial charge >= 0.3 is 6.36 Å². The summed E-state index contributed by atoms with van der Waals surface area (Å²) < 4.78 is 52.1. The highest BCUT2D eigenvalue weighted by Gasteiger charge is 2.31. The quantitative estimate of drug-likeness (QED) is 0.645. The molecule has 0 saturated heterocycles. The van der Waals surface area contributed by atoms with Crippen LogP contribution in [-0.4, -0.2) is 11.5 Å². The van der Waals surface area contributed by atoms with Crippen LogP contribution in [0.15, 0.2) is 30.9 Å². The lowest BCUT2D eigenvalue weighted by molar-refractivity contribution is -0.274. The number of alkyl halides is 3. The van der Waals surface area contributed by atoms with Gasteiger partial charge in [-0.2, -0.15) is 0 Å². The van der Waals surface area contributed by atoms with E-state index in [0.29, 0.717) is 6.07 Å². The van der Waals surface area contributed by atoms with Crippen LogP contribution in [-0.2, 0) is 0 Å². The van der Waals surface area contributed by atoms with Crippen molar-refractivity contribution in [1.82, 2.24) is 0 Å². The molecule has 1 N–H and O–H groups in total. The van der Waals surface area contributed by atoms with Crippen molar-refractivity contribution in [2.45, 2.75) is 12.5 Å². The van der Waals surface area contributed by atoms with Gasteiger partial charge in [0.25, 0.3) is 0 Å². The van der Waals surface area contributed by atoms with Gasteiger partial charge in [0.15, 0.2) is 0 Å². The van der Waals surface area contributed by atoms with Gasteiger partial charge in [-0.05, 0) is 12.1 Å². The van der Waals surface area contributed by atoms with Gasteiger partial charge in [0.1, 0.15) is 11.6 Å². The molecule has 1 unspecified atom stereocenters. The van der Waals surface area contributed by atoms with Gasteiger partial charge in [-0.15, -0.1) is 19.8 Å². The average Bonchev–Trinajstić information content (AvgIpc) is 2.14. The Bertz CT molecular complexity index is 387. The Kier molecular flexibility index (Phi) is 3.54. The average molecular weight is 236 g/mol. The van der Waals surface area contributed by atoms with Crippen molar-refractivity contribution < 1.29 is 27.4 Å². The number of aliphatic hydroxyl groups excluding tert-OH is 1. The van der Waals surface area contributed by atoms with Gasteiger partial charge in [0, 0.05) is 11.6 Å². The van der Waals surface area contributed by atoms with E-state index in [1.165, 1.54) is 0 Å². The Morgan fingerprint density at radius 1 is 1.38 bits per heavy atom. The molecule has 1 atom stereocenters. The summed E-state index contributed by atoms with van der Waals surface area (Å²) >= 11 is 0. The Morgan fingerprint density at radius 3 is 2.44 bits per heavy atom. The fourth-order valence-corrected chi connectivity index (χ4v) is 1.07. The summed E-state index contributed by atoms with van der Waals surface area (Å²) in [6.45, 7) is 3.23. The summed E-state index contributed by atoms with van der Waals surface area (Å²) in [5, 5.41) is 9.21. The predicted octanol–water partition coefficient (Wildman–Crippen LogP) is 2.94. The Balaban J connectivity index is 2.95. The van der Waals surface area contributed by atoms with Crippen molar-refractivity contribution in [2.75, 3.05) is 0 Å². The van der Waals surface area contributed by atoms with E-state index in [4.69, 9.17) is 0 Å². The lowest BCUT2D eigenvalue weighted by Crippen LogP contribution is -2.17. The van der Waals surface area contributed by atoms with Gasteiger partial charge in [-0.25, -0.2) is 4.39 Å². The maximum atomic E-state index is 13.2. The molecule has 0 amide bonds. The molecule has 0 saturated carbocycles. The first-order valence-electron chi connectivity index (χ1n) is 4.19. The topological polar surface area (TPSA) is 29.5 Å². The summed E-state index contributed by atoms with van der Waals surface area (Å²) in [5.41, 5.74) is -0.162. The van der Waals surface area contributed by atoms with E-state index in [1.807, 2.05) is 0 Å². The Labute approximate surface area is 88.8 Å². The van der Waals surface area contributed by atoms with Crippen LogP contribution in [0.5, 0.6) is 5.75 Å². The molecule has 88 valence electrons. The molecule has 1 aromatic carbocycles. The van der Waals surface area contributed by atoms with E-state index in [-0.39, 0.29) is 5.56 Å². The maximum absolute atomic E-state index is 13.2. The number of hydrogen-bond acceptors (Lipinski definition) is 2. The largest absolute Gasteiger partial charge is 0.573 e. The zero-order valence-electron chi connectivity index (χ0n) is 7.96. The van der Waals surface area contributed by atoms with E-state index in [1.54, 1.807) is 0 Å². The molecule has 2 nitrogen and oxygen atoms in total. The number of rotatable bonds is 3. The van der Waals surface area contributed by atoms with Crippen molar-refractivity contribution in [3.8, 4) is 5.75 Å². The summed E-state index contributed by atoms with van der Waals surface area (Å²) in [7, 11) is 0. The highest BCUT2D eigenvalue weighted by atomic mass is 19.4. The van der Waals surface area contributed by atoms with E-state index in [0.717, 1.165) is 18.2 Å². The van der Waals surface area contributed by atoms with Gasteiger partial charge in [0.2, 0.25) is 0 Å². The second-order valence-electron chi connectivity index (χ2n) is 2.91. The number of halogens is 4. The number of hydrogen-bond donors (Lipinski definition) is 1. The molecule has 0 aliphatic rings. The second kappa shape index (κ2) is 4.52. The third-order valence-corrected chi connectivity index (χ3v) is 1.75. The third kappa shape index (κ3) is 3.23. The van der Waals surface area contributed by atoms with Gasteiger partial charge in [0.05, 0.1) is 6.10 Å². The summed E-state index contributed by atoms with van der Waals surface area (Å²) in [6, 6.07) is 2.47. The predicted molar refractivity (Wildman–Crippen MR) is 48.2 cm³/mol. The van der Waals surface area contributed by atoms with Gasteiger partial charge in [-0.1, -0.05) is 6.08 Å². The molecule has 1 rings (SSSR count). The van der Waals surface area contributed by atoms with E-state index >= 15 is 0 Å². The molecule has 6 heteroatoms. The molecule has 16 heavy (non-hydrogen) atoms. The summed E-state index contributed by atoms with van der Waals surface area (Å²) in [4.78, 5) is 0. The standard InChI is InChI=1S/C10H8F4O2/c1-2-9(15)7-4-3-6(5-8(7)11)16-10(12,13)14/h2-5,9,15H,1H2. The van der Waals surface area contributed by atoms with Crippen molar-refractivity contribution in [3.05, 3.63) is 42.2 Å². The normalized spacial score (nSPS) is 13.3. The van der Waals surface area contributed by atoms with Crippen LogP contribution < -0.4 is 4.74 Å². The highest BCUT2D eigenvalue weighted by molar-refractivity contribution is 5.31. The smallest absolute Gasteiger partial charge is 0.406 e. The Morgan fingerprint density at radius 2 is 2.00 bits per heavy atom. The molecular weight excluding hydrogens is 228 g/mol. The first-order valence-corrected chi connectivity index (χ1v) is 4.19. The van der Waals surface area contributed by atoms with Crippen molar-refractivity contribution in [1.29, 1.82) is 0 Å². The van der Waals surface area contributed by atoms with Crippen LogP contribution in [0.25, 0.3) is 0 Å². The number of ether oxygens (including phenoxy) is 1. The summed E-state index contributed by atoms with van der Waals surface area (Å²) in [6.07, 6.45) is -5.08.